The van der Waals surface area contributed by atoms with Gasteiger partial charge < -0.3 is 10.6 Å². The number of hydrogen-bond donors (Lipinski definition) is 1. The maximum absolute atomic E-state index is 12.7. The fourth-order valence-corrected chi connectivity index (χ4v) is 4.52. The Morgan fingerprint density at radius 1 is 1.36 bits per heavy atom. The molecule has 0 bridgehead atoms. The summed E-state index contributed by atoms with van der Waals surface area (Å²) in [7, 11) is 0. The van der Waals surface area contributed by atoms with Crippen LogP contribution >= 0.6 is 11.3 Å². The van der Waals surface area contributed by atoms with Crippen LogP contribution in [0.4, 0.5) is 5.13 Å². The second-order valence-electron chi connectivity index (χ2n) is 6.13. The van der Waals surface area contributed by atoms with Crippen molar-refractivity contribution in [2.24, 2.45) is 0 Å². The Morgan fingerprint density at radius 3 is 3.14 bits per heavy atom. The van der Waals surface area contributed by atoms with E-state index in [0.29, 0.717) is 24.0 Å². The Balaban J connectivity index is 1.46. The van der Waals surface area contributed by atoms with Crippen molar-refractivity contribution in [1.29, 1.82) is 0 Å². The molecule has 0 saturated heterocycles. The normalized spacial score (nSPS) is 19.8. The van der Waals surface area contributed by atoms with Gasteiger partial charge in [-0.1, -0.05) is 24.3 Å². The number of rotatable bonds is 2. The molecule has 2 heterocycles. The van der Waals surface area contributed by atoms with E-state index in [1.54, 1.807) is 0 Å². The van der Waals surface area contributed by atoms with Crippen LogP contribution in [-0.4, -0.2) is 22.3 Å². The van der Waals surface area contributed by atoms with E-state index in [0.717, 1.165) is 36.4 Å². The number of thiazole rings is 1. The summed E-state index contributed by atoms with van der Waals surface area (Å²) in [6.07, 6.45) is 3.65. The molecule has 1 aromatic heterocycles. The molecule has 0 radical (unpaired) electrons. The number of carbonyl (C=O) groups excluding carboxylic acids is 1. The Kier molecular flexibility index (Phi) is 3.37. The molecule has 1 amide bonds. The van der Waals surface area contributed by atoms with Gasteiger partial charge in [0.2, 0.25) is 5.91 Å². The second kappa shape index (κ2) is 5.39. The third kappa shape index (κ3) is 2.39. The van der Waals surface area contributed by atoms with Gasteiger partial charge in [0, 0.05) is 24.3 Å². The standard InChI is InChI=1S/C17H19N3OS/c18-17-19-14-7-8-20(10-15(14)22-17)16(21)9-12-6-5-11-3-1-2-4-13(11)12/h1-4,12H,5-10H2,(H2,18,19). The Morgan fingerprint density at radius 2 is 2.23 bits per heavy atom. The van der Waals surface area contributed by atoms with Crippen LogP contribution in [0.1, 0.15) is 40.5 Å². The van der Waals surface area contributed by atoms with Crippen molar-refractivity contribution in [1.82, 2.24) is 9.88 Å². The molecule has 2 N–H and O–H groups in total. The minimum absolute atomic E-state index is 0.263. The molecule has 1 atom stereocenters. The van der Waals surface area contributed by atoms with E-state index in [1.165, 1.54) is 22.5 Å². The number of fused-ring (bicyclic) bond motifs is 2. The van der Waals surface area contributed by atoms with Crippen LogP contribution in [0.3, 0.4) is 0 Å². The maximum atomic E-state index is 12.7. The first kappa shape index (κ1) is 13.8. The zero-order valence-electron chi connectivity index (χ0n) is 12.4. The van der Waals surface area contributed by atoms with Crippen molar-refractivity contribution < 1.29 is 4.79 Å². The second-order valence-corrected chi connectivity index (χ2v) is 7.24. The number of nitrogens with zero attached hydrogens (tertiary/aromatic N) is 2. The highest BCUT2D eigenvalue weighted by Crippen LogP contribution is 2.36. The number of hydrogen-bond acceptors (Lipinski definition) is 4. The van der Waals surface area contributed by atoms with Gasteiger partial charge in [-0.05, 0) is 29.9 Å². The summed E-state index contributed by atoms with van der Waals surface area (Å²) >= 11 is 1.52. The molecule has 1 aromatic carbocycles. The predicted molar refractivity (Wildman–Crippen MR) is 87.8 cm³/mol. The van der Waals surface area contributed by atoms with E-state index in [9.17, 15) is 4.79 Å². The third-order valence-corrected chi connectivity index (χ3v) is 5.69. The lowest BCUT2D eigenvalue weighted by molar-refractivity contribution is -0.132. The first-order chi connectivity index (χ1) is 10.7. The van der Waals surface area contributed by atoms with Gasteiger partial charge in [-0.15, -0.1) is 11.3 Å². The topological polar surface area (TPSA) is 59.2 Å². The fraction of sp³-hybridized carbons (Fsp3) is 0.412. The van der Waals surface area contributed by atoms with Gasteiger partial charge in [0.25, 0.3) is 0 Å². The van der Waals surface area contributed by atoms with Crippen molar-refractivity contribution in [2.75, 3.05) is 12.3 Å². The number of aromatic nitrogens is 1. The van der Waals surface area contributed by atoms with Crippen molar-refractivity contribution in [3.8, 4) is 0 Å². The van der Waals surface area contributed by atoms with Crippen LogP contribution in [0.25, 0.3) is 0 Å². The number of nitrogen functional groups attached to an aromatic ring is 1. The van der Waals surface area contributed by atoms with Gasteiger partial charge in [0.1, 0.15) is 0 Å². The molecular formula is C17H19N3OS. The Labute approximate surface area is 134 Å². The van der Waals surface area contributed by atoms with Crippen LogP contribution < -0.4 is 5.73 Å². The lowest BCUT2D eigenvalue weighted by Crippen LogP contribution is -2.36. The van der Waals surface area contributed by atoms with Crippen molar-refractivity contribution >= 4 is 22.4 Å². The molecule has 114 valence electrons. The highest BCUT2D eigenvalue weighted by atomic mass is 32.1. The lowest BCUT2D eigenvalue weighted by Gasteiger charge is -2.27. The highest BCUT2D eigenvalue weighted by molar-refractivity contribution is 7.15. The van der Waals surface area contributed by atoms with Crippen LogP contribution in [0.2, 0.25) is 0 Å². The van der Waals surface area contributed by atoms with Gasteiger partial charge >= 0.3 is 0 Å². The van der Waals surface area contributed by atoms with Crippen LogP contribution in [0.15, 0.2) is 24.3 Å². The number of amides is 1. The van der Waals surface area contributed by atoms with Crippen molar-refractivity contribution in [3.63, 3.8) is 0 Å². The molecule has 22 heavy (non-hydrogen) atoms. The van der Waals surface area contributed by atoms with Crippen molar-refractivity contribution in [3.05, 3.63) is 46.0 Å². The summed E-state index contributed by atoms with van der Waals surface area (Å²) < 4.78 is 0. The average molecular weight is 313 g/mol. The molecule has 0 spiro atoms. The number of carbonyl (C=O) groups is 1. The van der Waals surface area contributed by atoms with E-state index in [1.807, 2.05) is 4.90 Å². The van der Waals surface area contributed by atoms with E-state index >= 15 is 0 Å². The molecule has 1 aliphatic carbocycles. The molecule has 4 nitrogen and oxygen atoms in total. The van der Waals surface area contributed by atoms with Crippen LogP contribution in [-0.2, 0) is 24.2 Å². The summed E-state index contributed by atoms with van der Waals surface area (Å²) in [5.41, 5.74) is 9.63. The summed E-state index contributed by atoms with van der Waals surface area (Å²) in [6, 6.07) is 8.53. The predicted octanol–water partition coefficient (Wildman–Crippen LogP) is 2.73. The fourth-order valence-electron chi connectivity index (χ4n) is 3.63. The summed E-state index contributed by atoms with van der Waals surface area (Å²) in [4.78, 5) is 20.1. The molecule has 1 aliphatic heterocycles. The first-order valence-electron chi connectivity index (χ1n) is 7.80. The maximum Gasteiger partial charge on any atom is 0.223 e. The van der Waals surface area contributed by atoms with E-state index in [-0.39, 0.29) is 5.91 Å². The molecule has 0 saturated carbocycles. The van der Waals surface area contributed by atoms with Crippen LogP contribution in [0.5, 0.6) is 0 Å². The first-order valence-corrected chi connectivity index (χ1v) is 8.62. The van der Waals surface area contributed by atoms with Gasteiger partial charge in [0.05, 0.1) is 12.2 Å². The molecule has 4 rings (SSSR count). The number of aryl methyl sites for hydroxylation is 1. The highest BCUT2D eigenvalue weighted by Gasteiger charge is 2.28. The molecule has 2 aliphatic rings. The molecule has 1 unspecified atom stereocenters. The smallest absolute Gasteiger partial charge is 0.223 e. The lowest BCUT2D eigenvalue weighted by atomic mass is 9.97. The monoisotopic (exact) mass is 313 g/mol. The molecule has 0 fully saturated rings. The minimum Gasteiger partial charge on any atom is -0.375 e. The Bertz CT molecular complexity index is 724. The SMILES string of the molecule is Nc1nc2c(s1)CN(C(=O)CC1CCc3ccccc31)CC2. The zero-order chi connectivity index (χ0) is 15.1. The van der Waals surface area contributed by atoms with Gasteiger partial charge in [-0.2, -0.15) is 0 Å². The van der Waals surface area contributed by atoms with Gasteiger partial charge in [-0.25, -0.2) is 4.98 Å². The summed E-state index contributed by atoms with van der Waals surface area (Å²) in [6.45, 7) is 1.45. The minimum atomic E-state index is 0.263. The molecular weight excluding hydrogens is 294 g/mol. The van der Waals surface area contributed by atoms with E-state index < -0.39 is 0 Å². The average Bonchev–Trinajstić information content (AvgIpc) is 3.09. The largest absolute Gasteiger partial charge is 0.375 e. The number of anilines is 1. The van der Waals surface area contributed by atoms with Crippen molar-refractivity contribution in [2.45, 2.75) is 38.1 Å². The number of benzene rings is 1. The van der Waals surface area contributed by atoms with E-state index in [2.05, 4.69) is 29.2 Å². The zero-order valence-corrected chi connectivity index (χ0v) is 13.2. The molecule has 2 aromatic rings. The summed E-state index contributed by atoms with van der Waals surface area (Å²) in [5.74, 6) is 0.649. The van der Waals surface area contributed by atoms with Crippen LogP contribution in [0, 0.1) is 0 Å². The Hall–Kier alpha value is -1.88. The third-order valence-electron chi connectivity index (χ3n) is 4.78. The quantitative estimate of drug-likeness (QED) is 0.927. The summed E-state index contributed by atoms with van der Waals surface area (Å²) in [5, 5.41) is 0.615. The number of nitrogens with two attached hydrogens (primary N) is 1. The van der Waals surface area contributed by atoms with Gasteiger partial charge in [-0.3, -0.25) is 4.79 Å². The molecule has 5 heteroatoms. The van der Waals surface area contributed by atoms with Gasteiger partial charge in [0.15, 0.2) is 5.13 Å². The van der Waals surface area contributed by atoms with E-state index in [4.69, 9.17) is 5.73 Å².